The first kappa shape index (κ1) is 22.0. The van der Waals surface area contributed by atoms with E-state index in [-0.39, 0.29) is 0 Å². The second-order valence-electron chi connectivity index (χ2n) is 7.83. The lowest BCUT2D eigenvalue weighted by molar-refractivity contribution is 0.373. The van der Waals surface area contributed by atoms with Crippen molar-refractivity contribution in [3.05, 3.63) is 0 Å². The molecule has 0 rings (SSSR count). The summed E-state index contributed by atoms with van der Waals surface area (Å²) in [6, 6.07) is 0. The van der Waals surface area contributed by atoms with Crippen molar-refractivity contribution in [1.29, 1.82) is 0 Å². The van der Waals surface area contributed by atoms with Crippen LogP contribution in [0, 0.1) is 0 Å². The highest BCUT2D eigenvalue weighted by Gasteiger charge is 2.12. The second kappa shape index (κ2) is 15.8. The first-order valence-electron chi connectivity index (χ1n) is 10.3. The van der Waals surface area contributed by atoms with Crippen LogP contribution in [0.5, 0.6) is 0 Å². The summed E-state index contributed by atoms with van der Waals surface area (Å²) in [6.45, 7) is 6.90. The maximum absolute atomic E-state index is 3.39. The van der Waals surface area contributed by atoms with Gasteiger partial charge in [-0.3, -0.25) is 0 Å². The topological polar surface area (TPSA) is 12.0 Å². The SMILES string of the molecule is CCCCCCCCCCCCCCCCCC(C)(C)NC. The van der Waals surface area contributed by atoms with Crippen molar-refractivity contribution in [3.63, 3.8) is 0 Å². The third kappa shape index (κ3) is 16.3. The summed E-state index contributed by atoms with van der Waals surface area (Å²) in [7, 11) is 2.07. The quantitative estimate of drug-likeness (QED) is 0.279. The van der Waals surface area contributed by atoms with Crippen LogP contribution in [-0.2, 0) is 0 Å². The number of unbranched alkanes of at least 4 members (excludes halogenated alkanes) is 14. The Morgan fingerprint density at radius 1 is 0.545 bits per heavy atom. The molecule has 0 radical (unpaired) electrons. The van der Waals surface area contributed by atoms with Gasteiger partial charge in [-0.15, -0.1) is 0 Å². The first-order valence-corrected chi connectivity index (χ1v) is 10.3. The van der Waals surface area contributed by atoms with E-state index in [1.807, 2.05) is 0 Å². The molecule has 0 fully saturated rings. The summed E-state index contributed by atoms with van der Waals surface area (Å²) in [6.07, 6.45) is 23.1. The minimum Gasteiger partial charge on any atom is -0.315 e. The Morgan fingerprint density at radius 2 is 0.864 bits per heavy atom. The van der Waals surface area contributed by atoms with Crippen molar-refractivity contribution < 1.29 is 0 Å². The lowest BCUT2D eigenvalue weighted by Crippen LogP contribution is -2.35. The van der Waals surface area contributed by atoms with E-state index in [1.54, 1.807) is 0 Å². The molecular weight excluding hydrogens is 266 g/mol. The fourth-order valence-corrected chi connectivity index (χ4v) is 3.06. The highest BCUT2D eigenvalue weighted by molar-refractivity contribution is 4.74. The maximum Gasteiger partial charge on any atom is 0.0122 e. The van der Waals surface area contributed by atoms with Gasteiger partial charge in [-0.05, 0) is 27.3 Å². The van der Waals surface area contributed by atoms with E-state index in [0.29, 0.717) is 5.54 Å². The minimum absolute atomic E-state index is 0.330. The maximum atomic E-state index is 3.39. The highest BCUT2D eigenvalue weighted by atomic mass is 14.9. The van der Waals surface area contributed by atoms with E-state index in [1.165, 1.54) is 103 Å². The predicted octanol–water partition coefficient (Wildman–Crippen LogP) is 7.25. The summed E-state index contributed by atoms with van der Waals surface area (Å²) in [5.41, 5.74) is 0.330. The van der Waals surface area contributed by atoms with Crippen LogP contribution in [0.15, 0.2) is 0 Å². The molecule has 0 aliphatic rings. The van der Waals surface area contributed by atoms with Gasteiger partial charge in [0.1, 0.15) is 0 Å². The highest BCUT2D eigenvalue weighted by Crippen LogP contribution is 2.16. The first-order chi connectivity index (χ1) is 10.6. The zero-order chi connectivity index (χ0) is 16.5. The molecule has 0 saturated heterocycles. The molecule has 1 heteroatoms. The molecule has 0 bridgehead atoms. The van der Waals surface area contributed by atoms with Crippen molar-refractivity contribution in [1.82, 2.24) is 5.32 Å². The van der Waals surface area contributed by atoms with E-state index in [4.69, 9.17) is 0 Å². The van der Waals surface area contributed by atoms with Crippen molar-refractivity contribution in [2.75, 3.05) is 7.05 Å². The molecule has 0 amide bonds. The molecule has 0 aromatic heterocycles. The van der Waals surface area contributed by atoms with Crippen LogP contribution < -0.4 is 5.32 Å². The minimum atomic E-state index is 0.330. The van der Waals surface area contributed by atoms with Crippen molar-refractivity contribution in [3.8, 4) is 0 Å². The predicted molar refractivity (Wildman–Crippen MR) is 103 cm³/mol. The molecule has 1 nitrogen and oxygen atoms in total. The monoisotopic (exact) mass is 311 g/mol. The summed E-state index contributed by atoms with van der Waals surface area (Å²) in [4.78, 5) is 0. The van der Waals surface area contributed by atoms with Gasteiger partial charge in [0.25, 0.3) is 0 Å². The molecule has 0 aromatic carbocycles. The van der Waals surface area contributed by atoms with Gasteiger partial charge in [0.05, 0.1) is 0 Å². The largest absolute Gasteiger partial charge is 0.315 e. The molecule has 0 heterocycles. The Balaban J connectivity index is 3.06. The van der Waals surface area contributed by atoms with E-state index in [2.05, 4.69) is 33.1 Å². The molecular formula is C21H45N. The fourth-order valence-electron chi connectivity index (χ4n) is 3.06. The smallest absolute Gasteiger partial charge is 0.0122 e. The third-order valence-electron chi connectivity index (χ3n) is 5.08. The van der Waals surface area contributed by atoms with Crippen molar-refractivity contribution >= 4 is 0 Å². The van der Waals surface area contributed by atoms with E-state index in [9.17, 15) is 0 Å². The van der Waals surface area contributed by atoms with Crippen LogP contribution in [0.3, 0.4) is 0 Å². The van der Waals surface area contributed by atoms with Crippen LogP contribution in [0.4, 0.5) is 0 Å². The molecule has 0 spiro atoms. The second-order valence-corrected chi connectivity index (χ2v) is 7.83. The zero-order valence-corrected chi connectivity index (χ0v) is 16.3. The van der Waals surface area contributed by atoms with Crippen LogP contribution in [0.25, 0.3) is 0 Å². The van der Waals surface area contributed by atoms with Crippen LogP contribution >= 0.6 is 0 Å². The molecule has 0 atom stereocenters. The van der Waals surface area contributed by atoms with Gasteiger partial charge in [-0.25, -0.2) is 0 Å². The third-order valence-corrected chi connectivity index (χ3v) is 5.08. The standard InChI is InChI=1S/C21H45N/c1-5-6-7-8-9-10-11-12-13-14-15-16-17-18-19-20-21(2,3)22-4/h22H,5-20H2,1-4H3. The van der Waals surface area contributed by atoms with Crippen LogP contribution in [0.2, 0.25) is 0 Å². The average molecular weight is 312 g/mol. The van der Waals surface area contributed by atoms with Gasteiger partial charge < -0.3 is 5.32 Å². The summed E-state index contributed by atoms with van der Waals surface area (Å²) in [5.74, 6) is 0. The van der Waals surface area contributed by atoms with Gasteiger partial charge >= 0.3 is 0 Å². The van der Waals surface area contributed by atoms with Crippen LogP contribution in [0.1, 0.15) is 124 Å². The van der Waals surface area contributed by atoms with Crippen molar-refractivity contribution in [2.45, 2.75) is 129 Å². The molecule has 0 saturated carbocycles. The lowest BCUT2D eigenvalue weighted by atomic mass is 9.96. The average Bonchev–Trinajstić information content (AvgIpc) is 2.51. The summed E-state index contributed by atoms with van der Waals surface area (Å²) in [5, 5.41) is 3.39. The van der Waals surface area contributed by atoms with E-state index >= 15 is 0 Å². The molecule has 1 N–H and O–H groups in total. The summed E-state index contributed by atoms with van der Waals surface area (Å²) < 4.78 is 0. The molecule has 134 valence electrons. The van der Waals surface area contributed by atoms with E-state index in [0.717, 1.165) is 0 Å². The van der Waals surface area contributed by atoms with Gasteiger partial charge in [-0.2, -0.15) is 0 Å². The normalized spacial score (nSPS) is 12.0. The fraction of sp³-hybridized carbons (Fsp3) is 1.00. The molecule has 0 unspecified atom stereocenters. The molecule has 0 aromatic rings. The number of hydrogen-bond acceptors (Lipinski definition) is 1. The molecule has 0 aliphatic carbocycles. The van der Waals surface area contributed by atoms with Gasteiger partial charge in [0.15, 0.2) is 0 Å². The van der Waals surface area contributed by atoms with Gasteiger partial charge in [0, 0.05) is 5.54 Å². The van der Waals surface area contributed by atoms with E-state index < -0.39 is 0 Å². The Labute approximate surface area is 142 Å². The van der Waals surface area contributed by atoms with Gasteiger partial charge in [-0.1, -0.05) is 103 Å². The number of rotatable bonds is 17. The molecule has 22 heavy (non-hydrogen) atoms. The zero-order valence-electron chi connectivity index (χ0n) is 16.3. The number of nitrogens with one attached hydrogen (secondary N) is 1. The van der Waals surface area contributed by atoms with Crippen molar-refractivity contribution in [2.24, 2.45) is 0 Å². The Kier molecular flexibility index (Phi) is 15.8. The number of hydrogen-bond donors (Lipinski definition) is 1. The Bertz CT molecular complexity index is 210. The Hall–Kier alpha value is -0.0400. The molecule has 0 aliphatic heterocycles. The Morgan fingerprint density at radius 3 is 1.18 bits per heavy atom. The van der Waals surface area contributed by atoms with Gasteiger partial charge in [0.2, 0.25) is 0 Å². The summed E-state index contributed by atoms with van der Waals surface area (Å²) >= 11 is 0. The lowest BCUT2D eigenvalue weighted by Gasteiger charge is -2.23. The van der Waals surface area contributed by atoms with Crippen LogP contribution in [-0.4, -0.2) is 12.6 Å².